The summed E-state index contributed by atoms with van der Waals surface area (Å²) >= 11 is 0. The third-order valence-electron chi connectivity index (χ3n) is 7.06. The molecule has 4 heterocycles. The number of piperidine rings is 1. The summed E-state index contributed by atoms with van der Waals surface area (Å²) in [6, 6.07) is 10.2. The number of nitrogens with one attached hydrogen (secondary N) is 1. The lowest BCUT2D eigenvalue weighted by Crippen LogP contribution is -2.49. The number of pyridine rings is 1. The number of hydrogen-bond acceptors (Lipinski definition) is 10. The van der Waals surface area contributed by atoms with Gasteiger partial charge < -0.3 is 24.4 Å². The Morgan fingerprint density at radius 1 is 1.00 bits per heavy atom. The third kappa shape index (κ3) is 5.79. The van der Waals surface area contributed by atoms with E-state index in [0.717, 1.165) is 69.2 Å². The van der Waals surface area contributed by atoms with Gasteiger partial charge in [-0.05, 0) is 37.5 Å². The quantitative estimate of drug-likeness (QED) is 0.475. The van der Waals surface area contributed by atoms with Crippen molar-refractivity contribution in [3.05, 3.63) is 48.4 Å². The number of rotatable bonds is 8. The topological polar surface area (TPSA) is 109 Å². The van der Waals surface area contributed by atoms with Crippen LogP contribution in [0.25, 0.3) is 11.1 Å². The molecule has 0 bridgehead atoms. The zero-order valence-electron chi connectivity index (χ0n) is 21.9. The van der Waals surface area contributed by atoms with Crippen LogP contribution in [0.4, 0.5) is 17.5 Å². The highest BCUT2D eigenvalue weighted by Crippen LogP contribution is 2.32. The lowest BCUT2D eigenvalue weighted by molar-refractivity contribution is 0.0115. The Bertz CT molecular complexity index is 1260. The van der Waals surface area contributed by atoms with Crippen LogP contribution in [0.5, 0.6) is 11.5 Å². The Morgan fingerprint density at radius 3 is 2.45 bits per heavy atom. The third-order valence-corrected chi connectivity index (χ3v) is 7.06. The van der Waals surface area contributed by atoms with Crippen molar-refractivity contribution in [1.82, 2.24) is 19.9 Å². The Morgan fingerprint density at radius 2 is 1.76 bits per heavy atom. The first-order valence-electron chi connectivity index (χ1n) is 13.1. The first kappa shape index (κ1) is 25.7. The summed E-state index contributed by atoms with van der Waals surface area (Å²) in [7, 11) is 1.65. The van der Waals surface area contributed by atoms with E-state index in [9.17, 15) is 5.26 Å². The van der Waals surface area contributed by atoms with Gasteiger partial charge >= 0.3 is 0 Å². The van der Waals surface area contributed by atoms with Crippen molar-refractivity contribution in [2.45, 2.75) is 25.8 Å². The molecular weight excluding hydrogens is 482 g/mol. The molecule has 2 fully saturated rings. The molecule has 198 valence electrons. The van der Waals surface area contributed by atoms with Crippen LogP contribution in [0.1, 0.15) is 25.3 Å². The molecule has 3 aromatic rings. The number of nitrogens with zero attached hydrogens (tertiary/aromatic N) is 6. The van der Waals surface area contributed by atoms with Crippen molar-refractivity contribution in [3.8, 4) is 28.7 Å². The largest absolute Gasteiger partial charge is 0.494 e. The molecule has 38 heavy (non-hydrogen) atoms. The van der Waals surface area contributed by atoms with Crippen LogP contribution in [-0.4, -0.2) is 79.0 Å². The average molecular weight is 516 g/mol. The van der Waals surface area contributed by atoms with Gasteiger partial charge in [0, 0.05) is 56.2 Å². The first-order valence-corrected chi connectivity index (χ1v) is 13.1. The number of morpholine rings is 1. The molecular formula is C28H33N7O3. The number of methoxy groups -OCH3 is 1. The van der Waals surface area contributed by atoms with Crippen LogP contribution in [0.2, 0.25) is 0 Å². The molecule has 5 rings (SSSR count). The minimum atomic E-state index is 0.437. The van der Waals surface area contributed by atoms with Crippen LogP contribution < -0.4 is 19.7 Å². The van der Waals surface area contributed by atoms with Gasteiger partial charge in [-0.15, -0.1) is 0 Å². The molecule has 0 radical (unpaired) electrons. The van der Waals surface area contributed by atoms with Crippen LogP contribution in [-0.2, 0) is 4.74 Å². The van der Waals surface area contributed by atoms with Gasteiger partial charge in [-0.25, -0.2) is 15.0 Å². The molecule has 10 nitrogen and oxygen atoms in total. The summed E-state index contributed by atoms with van der Waals surface area (Å²) in [5.74, 6) is 2.59. The van der Waals surface area contributed by atoms with Gasteiger partial charge in [-0.1, -0.05) is 6.07 Å². The fourth-order valence-electron chi connectivity index (χ4n) is 5.00. The van der Waals surface area contributed by atoms with E-state index in [-0.39, 0.29) is 0 Å². The molecule has 0 spiro atoms. The minimum absolute atomic E-state index is 0.437. The zero-order chi connectivity index (χ0) is 26.3. The SMILES string of the molecule is CCOc1cc(-c2cnc(Nc3cnc(N4CCC(N5CCOCC5)CC4)cc3OC)nc2)ccc1C#N. The van der Waals surface area contributed by atoms with E-state index < -0.39 is 0 Å². The summed E-state index contributed by atoms with van der Waals surface area (Å²) in [6.07, 6.45) is 7.48. The van der Waals surface area contributed by atoms with E-state index in [0.29, 0.717) is 41.3 Å². The van der Waals surface area contributed by atoms with Crippen molar-refractivity contribution in [3.63, 3.8) is 0 Å². The number of nitriles is 1. The lowest BCUT2D eigenvalue weighted by atomic mass is 10.0. The predicted molar refractivity (Wildman–Crippen MR) is 145 cm³/mol. The highest BCUT2D eigenvalue weighted by molar-refractivity contribution is 5.68. The number of anilines is 3. The molecule has 2 saturated heterocycles. The van der Waals surface area contributed by atoms with Crippen molar-refractivity contribution in [2.75, 3.05) is 63.3 Å². The second-order valence-corrected chi connectivity index (χ2v) is 9.29. The van der Waals surface area contributed by atoms with E-state index in [1.807, 2.05) is 25.1 Å². The molecule has 2 aliphatic rings. The maximum absolute atomic E-state index is 9.29. The summed E-state index contributed by atoms with van der Waals surface area (Å²) in [5.41, 5.74) is 2.89. The molecule has 0 atom stereocenters. The fourth-order valence-corrected chi connectivity index (χ4v) is 5.00. The van der Waals surface area contributed by atoms with E-state index in [1.165, 1.54) is 0 Å². The number of hydrogen-bond donors (Lipinski definition) is 1. The Kier molecular flexibility index (Phi) is 8.16. The molecule has 0 saturated carbocycles. The van der Waals surface area contributed by atoms with Gasteiger partial charge in [0.2, 0.25) is 5.95 Å². The van der Waals surface area contributed by atoms with Crippen molar-refractivity contribution in [1.29, 1.82) is 5.26 Å². The standard InChI is InChI=1S/C28H33N7O3/c1-3-38-25-14-20(4-5-21(25)16-29)22-17-31-28(32-18-22)33-24-19-30-27(15-26(24)36-2)35-8-6-23(7-9-35)34-10-12-37-13-11-34/h4-5,14-15,17-19,23H,3,6-13H2,1-2H3,(H,31,32,33). The fraction of sp³-hybridized carbons (Fsp3) is 0.429. The van der Waals surface area contributed by atoms with Crippen molar-refractivity contribution in [2.24, 2.45) is 0 Å². The molecule has 2 aliphatic heterocycles. The van der Waals surface area contributed by atoms with E-state index >= 15 is 0 Å². The Balaban J connectivity index is 1.24. The summed E-state index contributed by atoms with van der Waals surface area (Å²) < 4.78 is 16.8. The molecule has 0 aliphatic carbocycles. The second-order valence-electron chi connectivity index (χ2n) is 9.29. The average Bonchev–Trinajstić information content (AvgIpc) is 2.98. The summed E-state index contributed by atoms with van der Waals surface area (Å²) in [6.45, 7) is 8.05. The van der Waals surface area contributed by atoms with Crippen molar-refractivity contribution >= 4 is 17.5 Å². The minimum Gasteiger partial charge on any atom is -0.494 e. The van der Waals surface area contributed by atoms with Gasteiger partial charge in [0.25, 0.3) is 0 Å². The van der Waals surface area contributed by atoms with Gasteiger partial charge in [-0.3, -0.25) is 4.90 Å². The zero-order valence-corrected chi connectivity index (χ0v) is 21.9. The molecule has 1 aromatic carbocycles. The molecule has 10 heteroatoms. The summed E-state index contributed by atoms with van der Waals surface area (Å²) in [4.78, 5) is 18.5. The van der Waals surface area contributed by atoms with Crippen LogP contribution in [0, 0.1) is 11.3 Å². The Hall–Kier alpha value is -3.94. The van der Waals surface area contributed by atoms with Crippen LogP contribution in [0.3, 0.4) is 0 Å². The molecule has 0 amide bonds. The van der Waals surface area contributed by atoms with Gasteiger partial charge in [0.1, 0.15) is 29.1 Å². The molecule has 0 unspecified atom stereocenters. The van der Waals surface area contributed by atoms with Crippen LogP contribution in [0.15, 0.2) is 42.9 Å². The van der Waals surface area contributed by atoms with Crippen molar-refractivity contribution < 1.29 is 14.2 Å². The smallest absolute Gasteiger partial charge is 0.227 e. The van der Waals surface area contributed by atoms with E-state index in [2.05, 4.69) is 31.2 Å². The van der Waals surface area contributed by atoms with Gasteiger partial charge in [0.15, 0.2) is 0 Å². The molecule has 1 N–H and O–H groups in total. The van der Waals surface area contributed by atoms with Gasteiger partial charge in [0.05, 0.1) is 38.7 Å². The monoisotopic (exact) mass is 515 g/mol. The lowest BCUT2D eigenvalue weighted by Gasteiger charge is -2.40. The predicted octanol–water partition coefficient (Wildman–Crippen LogP) is 3.86. The maximum atomic E-state index is 9.29. The number of ether oxygens (including phenoxy) is 3. The normalized spacial score (nSPS) is 16.6. The summed E-state index contributed by atoms with van der Waals surface area (Å²) in [5, 5.41) is 12.5. The number of benzene rings is 1. The van der Waals surface area contributed by atoms with Crippen LogP contribution >= 0.6 is 0 Å². The number of aromatic nitrogens is 3. The molecule has 2 aromatic heterocycles. The second kappa shape index (κ2) is 12.1. The van der Waals surface area contributed by atoms with Gasteiger partial charge in [-0.2, -0.15) is 5.26 Å². The highest BCUT2D eigenvalue weighted by Gasteiger charge is 2.26. The highest BCUT2D eigenvalue weighted by atomic mass is 16.5. The maximum Gasteiger partial charge on any atom is 0.227 e. The Labute approximate surface area is 223 Å². The first-order chi connectivity index (χ1) is 18.7. The van der Waals surface area contributed by atoms with E-state index in [4.69, 9.17) is 19.2 Å². The van der Waals surface area contributed by atoms with E-state index in [1.54, 1.807) is 31.8 Å².